The van der Waals surface area contributed by atoms with Crippen LogP contribution in [0.1, 0.15) is 33.1 Å². The Labute approximate surface area is 111 Å². The summed E-state index contributed by atoms with van der Waals surface area (Å²) in [5.41, 5.74) is 6.33. The van der Waals surface area contributed by atoms with Gasteiger partial charge in [-0.25, -0.2) is 0 Å². The smallest absolute Gasteiger partial charge is 0.0484 e. The first-order valence-electron chi connectivity index (χ1n) is 7.45. The molecule has 18 heavy (non-hydrogen) atoms. The lowest BCUT2D eigenvalue weighted by atomic mass is 9.87. The van der Waals surface area contributed by atoms with Gasteiger partial charge in [0.25, 0.3) is 0 Å². The van der Waals surface area contributed by atoms with E-state index in [0.717, 1.165) is 45.7 Å². The third-order valence-electron chi connectivity index (χ3n) is 4.74. The minimum Gasteiger partial charge on any atom is -0.381 e. The number of hydrogen-bond acceptors (Lipinski definition) is 4. The fraction of sp³-hybridized carbons (Fsp3) is 1.00. The Kier molecular flexibility index (Phi) is 5.01. The summed E-state index contributed by atoms with van der Waals surface area (Å²) < 4.78 is 5.61. The van der Waals surface area contributed by atoms with E-state index in [1.807, 2.05) is 0 Å². The molecule has 2 heterocycles. The van der Waals surface area contributed by atoms with Crippen molar-refractivity contribution in [2.75, 3.05) is 45.9 Å². The highest BCUT2D eigenvalue weighted by Crippen LogP contribution is 2.28. The van der Waals surface area contributed by atoms with Crippen molar-refractivity contribution in [2.45, 2.75) is 44.7 Å². The molecule has 1 unspecified atom stereocenters. The minimum absolute atomic E-state index is 0.208. The van der Waals surface area contributed by atoms with E-state index < -0.39 is 0 Å². The van der Waals surface area contributed by atoms with Crippen molar-refractivity contribution < 1.29 is 4.74 Å². The lowest BCUT2D eigenvalue weighted by molar-refractivity contribution is 0.0137. The van der Waals surface area contributed by atoms with Crippen molar-refractivity contribution >= 4 is 0 Å². The van der Waals surface area contributed by atoms with Crippen LogP contribution in [0.4, 0.5) is 0 Å². The molecule has 0 aromatic heterocycles. The van der Waals surface area contributed by atoms with E-state index in [4.69, 9.17) is 10.5 Å². The zero-order valence-electron chi connectivity index (χ0n) is 12.0. The van der Waals surface area contributed by atoms with Crippen LogP contribution in [-0.4, -0.2) is 67.3 Å². The largest absolute Gasteiger partial charge is 0.381 e. The van der Waals surface area contributed by atoms with E-state index in [1.54, 1.807) is 0 Å². The van der Waals surface area contributed by atoms with Gasteiger partial charge in [0.1, 0.15) is 0 Å². The van der Waals surface area contributed by atoms with Crippen LogP contribution in [-0.2, 0) is 4.74 Å². The Morgan fingerprint density at radius 3 is 2.44 bits per heavy atom. The summed E-state index contributed by atoms with van der Waals surface area (Å²) in [6.45, 7) is 11.8. The van der Waals surface area contributed by atoms with E-state index >= 15 is 0 Å². The SMILES string of the molecule is CC(C)N1CCN(C2(CN)CCCOCC2)CC1. The van der Waals surface area contributed by atoms with E-state index in [-0.39, 0.29) is 5.54 Å². The molecule has 0 saturated carbocycles. The Morgan fingerprint density at radius 1 is 1.11 bits per heavy atom. The topological polar surface area (TPSA) is 41.7 Å². The van der Waals surface area contributed by atoms with Crippen molar-refractivity contribution in [1.82, 2.24) is 9.80 Å². The van der Waals surface area contributed by atoms with E-state index in [0.29, 0.717) is 6.04 Å². The maximum Gasteiger partial charge on any atom is 0.0484 e. The van der Waals surface area contributed by atoms with Crippen molar-refractivity contribution in [2.24, 2.45) is 5.73 Å². The molecule has 2 saturated heterocycles. The number of piperazine rings is 1. The zero-order chi connectivity index (χ0) is 13.0. The van der Waals surface area contributed by atoms with E-state index in [9.17, 15) is 0 Å². The van der Waals surface area contributed by atoms with Crippen LogP contribution >= 0.6 is 0 Å². The first-order chi connectivity index (χ1) is 8.68. The van der Waals surface area contributed by atoms with Crippen LogP contribution in [0.5, 0.6) is 0 Å². The molecule has 2 aliphatic rings. The molecule has 0 bridgehead atoms. The maximum absolute atomic E-state index is 6.12. The van der Waals surface area contributed by atoms with Gasteiger partial charge >= 0.3 is 0 Å². The third kappa shape index (κ3) is 3.05. The zero-order valence-corrected chi connectivity index (χ0v) is 12.0. The van der Waals surface area contributed by atoms with E-state index in [2.05, 4.69) is 23.6 Å². The molecule has 2 aliphatic heterocycles. The molecular formula is C14H29N3O. The molecule has 1 atom stereocenters. The minimum atomic E-state index is 0.208. The number of rotatable bonds is 3. The average molecular weight is 255 g/mol. The molecule has 2 rings (SSSR count). The average Bonchev–Trinajstić information content (AvgIpc) is 2.65. The van der Waals surface area contributed by atoms with Gasteiger partial charge in [0.15, 0.2) is 0 Å². The van der Waals surface area contributed by atoms with Crippen molar-refractivity contribution in [3.05, 3.63) is 0 Å². The van der Waals surface area contributed by atoms with Gasteiger partial charge in [-0.15, -0.1) is 0 Å². The van der Waals surface area contributed by atoms with Crippen molar-refractivity contribution in [3.8, 4) is 0 Å². The molecule has 106 valence electrons. The van der Waals surface area contributed by atoms with Crippen LogP contribution in [0.15, 0.2) is 0 Å². The molecule has 0 aromatic carbocycles. The lowest BCUT2D eigenvalue weighted by Gasteiger charge is -2.48. The summed E-state index contributed by atoms with van der Waals surface area (Å²) in [5, 5.41) is 0. The molecule has 0 amide bonds. The quantitative estimate of drug-likeness (QED) is 0.814. The number of hydrogen-bond donors (Lipinski definition) is 1. The second-order valence-corrected chi connectivity index (χ2v) is 6.01. The van der Waals surface area contributed by atoms with Crippen LogP contribution in [0.2, 0.25) is 0 Å². The highest BCUT2D eigenvalue weighted by atomic mass is 16.5. The summed E-state index contributed by atoms with van der Waals surface area (Å²) in [4.78, 5) is 5.20. The fourth-order valence-electron chi connectivity index (χ4n) is 3.35. The lowest BCUT2D eigenvalue weighted by Crippen LogP contribution is -2.61. The fourth-order valence-corrected chi connectivity index (χ4v) is 3.35. The van der Waals surface area contributed by atoms with Gasteiger partial charge in [0, 0.05) is 57.5 Å². The second-order valence-electron chi connectivity index (χ2n) is 6.01. The monoisotopic (exact) mass is 255 g/mol. The Hall–Kier alpha value is -0.160. The van der Waals surface area contributed by atoms with Gasteiger partial charge < -0.3 is 10.5 Å². The van der Waals surface area contributed by atoms with Gasteiger partial charge in [-0.2, -0.15) is 0 Å². The number of nitrogens with two attached hydrogens (primary N) is 1. The van der Waals surface area contributed by atoms with Crippen LogP contribution in [0, 0.1) is 0 Å². The second kappa shape index (κ2) is 6.33. The van der Waals surface area contributed by atoms with Gasteiger partial charge in [0.05, 0.1) is 0 Å². The molecule has 4 heteroatoms. The van der Waals surface area contributed by atoms with Crippen LogP contribution in [0.25, 0.3) is 0 Å². The summed E-state index contributed by atoms with van der Waals surface area (Å²) in [6, 6.07) is 0.665. The molecule has 0 radical (unpaired) electrons. The van der Waals surface area contributed by atoms with Crippen LogP contribution in [0.3, 0.4) is 0 Å². The third-order valence-corrected chi connectivity index (χ3v) is 4.74. The number of ether oxygens (including phenoxy) is 1. The van der Waals surface area contributed by atoms with Crippen molar-refractivity contribution in [3.63, 3.8) is 0 Å². The van der Waals surface area contributed by atoms with Crippen LogP contribution < -0.4 is 5.73 Å². The summed E-state index contributed by atoms with van der Waals surface area (Å²) in [7, 11) is 0. The molecule has 2 N–H and O–H groups in total. The van der Waals surface area contributed by atoms with Gasteiger partial charge in [-0.3, -0.25) is 9.80 Å². The predicted octanol–water partition coefficient (Wildman–Crippen LogP) is 0.910. The Balaban J connectivity index is 1.96. The summed E-state index contributed by atoms with van der Waals surface area (Å²) >= 11 is 0. The van der Waals surface area contributed by atoms with Gasteiger partial charge in [-0.1, -0.05) is 0 Å². The normalized spacial score (nSPS) is 32.7. The Morgan fingerprint density at radius 2 is 1.83 bits per heavy atom. The summed E-state index contributed by atoms with van der Waals surface area (Å²) in [6.07, 6.45) is 3.46. The predicted molar refractivity (Wildman–Crippen MR) is 74.7 cm³/mol. The molecule has 0 aliphatic carbocycles. The summed E-state index contributed by atoms with van der Waals surface area (Å²) in [5.74, 6) is 0. The van der Waals surface area contributed by atoms with Gasteiger partial charge in [0.2, 0.25) is 0 Å². The maximum atomic E-state index is 6.12. The molecule has 2 fully saturated rings. The molecular weight excluding hydrogens is 226 g/mol. The molecule has 4 nitrogen and oxygen atoms in total. The van der Waals surface area contributed by atoms with E-state index in [1.165, 1.54) is 19.5 Å². The number of nitrogens with zero attached hydrogens (tertiary/aromatic N) is 2. The van der Waals surface area contributed by atoms with Crippen molar-refractivity contribution in [1.29, 1.82) is 0 Å². The first kappa shape index (κ1) is 14.3. The van der Waals surface area contributed by atoms with Gasteiger partial charge in [-0.05, 0) is 33.1 Å². The first-order valence-corrected chi connectivity index (χ1v) is 7.45. The standard InChI is InChI=1S/C14H29N3O/c1-13(2)16-6-8-17(9-7-16)14(12-15)4-3-10-18-11-5-14/h13H,3-12,15H2,1-2H3. The molecule has 0 spiro atoms. The Bertz CT molecular complexity index is 241. The molecule has 0 aromatic rings. The highest BCUT2D eigenvalue weighted by Gasteiger charge is 2.37. The highest BCUT2D eigenvalue weighted by molar-refractivity contribution is 4.95.